The maximum atomic E-state index is 11.2. The molecule has 1 N–H and O–H groups in total. The molecule has 1 rings (SSSR count). The fourth-order valence-corrected chi connectivity index (χ4v) is 3.10. The molecule has 1 unspecified atom stereocenters. The summed E-state index contributed by atoms with van der Waals surface area (Å²) in [7, 11) is 1.42. The van der Waals surface area contributed by atoms with E-state index in [1.807, 2.05) is 11.8 Å². The summed E-state index contributed by atoms with van der Waals surface area (Å²) in [6.45, 7) is 0.654. The number of rotatable bonds is 5. The van der Waals surface area contributed by atoms with Crippen molar-refractivity contribution >= 4 is 33.7 Å². The zero-order valence-electron chi connectivity index (χ0n) is 9.87. The van der Waals surface area contributed by atoms with Crippen LogP contribution in [-0.2, 0) is 9.53 Å². The number of thioether (sulfide) groups is 1. The number of alkyl halides is 1. The predicted molar refractivity (Wildman–Crippen MR) is 72.3 cm³/mol. The van der Waals surface area contributed by atoms with Gasteiger partial charge in [0, 0.05) is 17.8 Å². The largest absolute Gasteiger partial charge is 0.468 e. The lowest BCUT2D eigenvalue weighted by Crippen LogP contribution is -2.39. The van der Waals surface area contributed by atoms with Gasteiger partial charge in [-0.25, -0.2) is 0 Å². The zero-order valence-corrected chi connectivity index (χ0v) is 12.3. The van der Waals surface area contributed by atoms with E-state index in [-0.39, 0.29) is 10.8 Å². The molecule has 5 heteroatoms. The van der Waals surface area contributed by atoms with Crippen molar-refractivity contribution in [3.05, 3.63) is 0 Å². The first-order valence-electron chi connectivity index (χ1n) is 5.65. The molecular formula is C11H20BrNO2S. The van der Waals surface area contributed by atoms with Gasteiger partial charge in [0.25, 0.3) is 0 Å². The molecule has 0 aromatic rings. The van der Waals surface area contributed by atoms with Crippen molar-refractivity contribution in [3.8, 4) is 0 Å². The number of esters is 1. The Balaban J connectivity index is 2.17. The summed E-state index contributed by atoms with van der Waals surface area (Å²) >= 11 is 5.28. The Labute approximate surface area is 110 Å². The number of hydrogen-bond acceptors (Lipinski definition) is 4. The molecule has 0 aromatic carbocycles. The number of hydrogen-bond donors (Lipinski definition) is 1. The number of carbonyl (C=O) groups excluding carboxylic acids is 1. The first-order valence-corrected chi connectivity index (χ1v) is 7.85. The summed E-state index contributed by atoms with van der Waals surface area (Å²) in [6.07, 6.45) is 7.18. The predicted octanol–water partition coefficient (Wildman–Crippen LogP) is 2.19. The molecule has 0 aromatic heterocycles. The monoisotopic (exact) mass is 309 g/mol. The second kappa shape index (κ2) is 7.56. The fraction of sp³-hybridized carbons (Fsp3) is 0.909. The normalized spacial score (nSPS) is 27.4. The standard InChI is InChI=1S/C11H20BrNO2S/c1-15-11(14)10(12)7-13-8-3-5-9(16-2)6-4-8/h8-10,13H,3-7H2,1-2H3. The molecule has 0 spiro atoms. The van der Waals surface area contributed by atoms with Crippen LogP contribution in [0.1, 0.15) is 25.7 Å². The highest BCUT2D eigenvalue weighted by Crippen LogP contribution is 2.26. The summed E-state index contributed by atoms with van der Waals surface area (Å²) in [4.78, 5) is 10.9. The van der Waals surface area contributed by atoms with E-state index in [0.717, 1.165) is 5.25 Å². The minimum atomic E-state index is -0.226. The molecular weight excluding hydrogens is 290 g/mol. The average Bonchev–Trinajstić information content (AvgIpc) is 2.35. The summed E-state index contributed by atoms with van der Waals surface area (Å²) in [5.74, 6) is -0.203. The molecule has 1 aliphatic carbocycles. The lowest BCUT2D eigenvalue weighted by molar-refractivity contribution is -0.139. The number of ether oxygens (including phenoxy) is 1. The molecule has 0 aliphatic heterocycles. The van der Waals surface area contributed by atoms with Crippen LogP contribution < -0.4 is 5.32 Å². The van der Waals surface area contributed by atoms with Gasteiger partial charge >= 0.3 is 5.97 Å². The zero-order chi connectivity index (χ0) is 12.0. The molecule has 16 heavy (non-hydrogen) atoms. The van der Waals surface area contributed by atoms with Gasteiger partial charge in [0.1, 0.15) is 4.83 Å². The fourth-order valence-electron chi connectivity index (χ4n) is 1.98. The van der Waals surface area contributed by atoms with Crippen molar-refractivity contribution in [1.82, 2.24) is 5.32 Å². The average molecular weight is 310 g/mol. The van der Waals surface area contributed by atoms with E-state index in [0.29, 0.717) is 12.6 Å². The summed E-state index contributed by atoms with van der Waals surface area (Å²) in [5, 5.41) is 4.26. The lowest BCUT2D eigenvalue weighted by atomic mass is 9.95. The SMILES string of the molecule is COC(=O)C(Br)CNC1CCC(SC)CC1. The van der Waals surface area contributed by atoms with E-state index < -0.39 is 0 Å². The van der Waals surface area contributed by atoms with Gasteiger partial charge in [-0.15, -0.1) is 0 Å². The maximum absolute atomic E-state index is 11.2. The van der Waals surface area contributed by atoms with Crippen molar-refractivity contribution in [2.24, 2.45) is 0 Å². The number of nitrogens with one attached hydrogen (secondary N) is 1. The van der Waals surface area contributed by atoms with E-state index in [4.69, 9.17) is 0 Å². The minimum absolute atomic E-state index is 0.203. The van der Waals surface area contributed by atoms with Gasteiger partial charge in [0.15, 0.2) is 0 Å². The Morgan fingerprint density at radius 1 is 1.50 bits per heavy atom. The van der Waals surface area contributed by atoms with Crippen LogP contribution in [0.15, 0.2) is 0 Å². The van der Waals surface area contributed by atoms with Crippen LogP contribution in [0.5, 0.6) is 0 Å². The van der Waals surface area contributed by atoms with Crippen molar-refractivity contribution < 1.29 is 9.53 Å². The highest BCUT2D eigenvalue weighted by atomic mass is 79.9. The number of methoxy groups -OCH3 is 1. The first-order chi connectivity index (χ1) is 7.67. The Hall–Kier alpha value is 0.260. The quantitative estimate of drug-likeness (QED) is 0.624. The van der Waals surface area contributed by atoms with Gasteiger partial charge in [0.2, 0.25) is 0 Å². The van der Waals surface area contributed by atoms with Crippen LogP contribution in [0.2, 0.25) is 0 Å². The molecule has 0 amide bonds. The molecule has 0 saturated heterocycles. The Kier molecular flexibility index (Phi) is 6.77. The van der Waals surface area contributed by atoms with Crippen molar-refractivity contribution in [2.45, 2.75) is 41.8 Å². The molecule has 94 valence electrons. The van der Waals surface area contributed by atoms with Gasteiger partial charge < -0.3 is 10.1 Å². The third-order valence-electron chi connectivity index (χ3n) is 3.05. The summed E-state index contributed by atoms with van der Waals surface area (Å²) in [6, 6.07) is 0.563. The number of carbonyl (C=O) groups is 1. The van der Waals surface area contributed by atoms with Crippen LogP contribution in [0.25, 0.3) is 0 Å². The summed E-state index contributed by atoms with van der Waals surface area (Å²) < 4.78 is 4.66. The van der Waals surface area contributed by atoms with Crippen molar-refractivity contribution in [1.29, 1.82) is 0 Å². The van der Waals surface area contributed by atoms with E-state index in [1.54, 1.807) is 0 Å². The van der Waals surface area contributed by atoms with E-state index >= 15 is 0 Å². The lowest BCUT2D eigenvalue weighted by Gasteiger charge is -2.28. The van der Waals surface area contributed by atoms with E-state index in [2.05, 4.69) is 32.2 Å². The second-order valence-corrected chi connectivity index (χ2v) is 6.35. The van der Waals surface area contributed by atoms with Crippen LogP contribution in [0, 0.1) is 0 Å². The maximum Gasteiger partial charge on any atom is 0.320 e. The van der Waals surface area contributed by atoms with Crippen LogP contribution >= 0.6 is 27.7 Å². The molecule has 0 bridgehead atoms. The Morgan fingerprint density at radius 2 is 2.12 bits per heavy atom. The van der Waals surface area contributed by atoms with E-state index in [1.165, 1.54) is 32.8 Å². The highest BCUT2D eigenvalue weighted by molar-refractivity contribution is 9.10. The molecule has 0 heterocycles. The van der Waals surface area contributed by atoms with Gasteiger partial charge in [-0.2, -0.15) is 11.8 Å². The third kappa shape index (κ3) is 4.63. The van der Waals surface area contributed by atoms with Gasteiger partial charge in [-0.3, -0.25) is 4.79 Å². The molecule has 0 radical (unpaired) electrons. The second-order valence-electron chi connectivity index (χ2n) is 4.11. The van der Waals surface area contributed by atoms with E-state index in [9.17, 15) is 4.79 Å². The van der Waals surface area contributed by atoms with Crippen LogP contribution in [0.3, 0.4) is 0 Å². The first kappa shape index (κ1) is 14.3. The highest BCUT2D eigenvalue weighted by Gasteiger charge is 2.22. The Morgan fingerprint density at radius 3 is 2.62 bits per heavy atom. The van der Waals surface area contributed by atoms with Gasteiger partial charge in [-0.1, -0.05) is 15.9 Å². The Bertz CT molecular complexity index is 220. The van der Waals surface area contributed by atoms with Gasteiger partial charge in [-0.05, 0) is 31.9 Å². The van der Waals surface area contributed by atoms with Crippen molar-refractivity contribution in [3.63, 3.8) is 0 Å². The van der Waals surface area contributed by atoms with Crippen molar-refractivity contribution in [2.75, 3.05) is 19.9 Å². The summed E-state index contributed by atoms with van der Waals surface area (Å²) in [5.41, 5.74) is 0. The van der Waals surface area contributed by atoms with Gasteiger partial charge in [0.05, 0.1) is 7.11 Å². The molecule has 1 atom stereocenters. The molecule has 1 saturated carbocycles. The van der Waals surface area contributed by atoms with Crippen LogP contribution in [-0.4, -0.2) is 42.0 Å². The topological polar surface area (TPSA) is 38.3 Å². The molecule has 1 fully saturated rings. The molecule has 3 nitrogen and oxygen atoms in total. The smallest absolute Gasteiger partial charge is 0.320 e. The minimum Gasteiger partial charge on any atom is -0.468 e. The van der Waals surface area contributed by atoms with Crippen LogP contribution in [0.4, 0.5) is 0 Å². The molecule has 1 aliphatic rings. The third-order valence-corrected chi connectivity index (χ3v) is 4.89. The number of halogens is 1.